The van der Waals surface area contributed by atoms with Crippen LogP contribution >= 0.6 is 0 Å². The molecule has 0 spiro atoms. The highest BCUT2D eigenvalue weighted by Crippen LogP contribution is 2.31. The summed E-state index contributed by atoms with van der Waals surface area (Å²) in [6.45, 7) is 2.37. The minimum Gasteiger partial charge on any atom is -0.486 e. The summed E-state index contributed by atoms with van der Waals surface area (Å²) < 4.78 is 11.5. The van der Waals surface area contributed by atoms with Crippen molar-refractivity contribution in [3.63, 3.8) is 0 Å². The second-order valence-corrected chi connectivity index (χ2v) is 5.85. The standard InChI is InChI=1S/C16H22N2O3/c1-18(16(19)9-17-8-12-6-7-12)10-13-11-20-14-4-2-3-5-15(14)21-13/h2-5,12-13,17H,6-11H2,1H3. The van der Waals surface area contributed by atoms with Crippen LogP contribution in [0.15, 0.2) is 24.3 Å². The van der Waals surface area contributed by atoms with E-state index >= 15 is 0 Å². The molecule has 0 aromatic heterocycles. The minimum absolute atomic E-state index is 0.0955. The van der Waals surface area contributed by atoms with E-state index in [9.17, 15) is 4.79 Å². The Morgan fingerprint density at radius 1 is 1.33 bits per heavy atom. The maximum atomic E-state index is 12.0. The van der Waals surface area contributed by atoms with Crippen LogP contribution in [0.3, 0.4) is 0 Å². The second kappa shape index (κ2) is 6.35. The topological polar surface area (TPSA) is 50.8 Å². The Labute approximate surface area is 125 Å². The van der Waals surface area contributed by atoms with E-state index in [0.717, 1.165) is 24.0 Å². The zero-order valence-corrected chi connectivity index (χ0v) is 12.4. The molecule has 1 aromatic carbocycles. The zero-order chi connectivity index (χ0) is 14.7. The van der Waals surface area contributed by atoms with Gasteiger partial charge in [0, 0.05) is 7.05 Å². The van der Waals surface area contributed by atoms with Crippen LogP contribution < -0.4 is 14.8 Å². The first-order valence-electron chi connectivity index (χ1n) is 7.55. The maximum Gasteiger partial charge on any atom is 0.236 e. The smallest absolute Gasteiger partial charge is 0.236 e. The monoisotopic (exact) mass is 290 g/mol. The van der Waals surface area contributed by atoms with Crippen LogP contribution in [0.1, 0.15) is 12.8 Å². The van der Waals surface area contributed by atoms with E-state index in [0.29, 0.717) is 19.7 Å². The molecule has 5 nitrogen and oxygen atoms in total. The van der Waals surface area contributed by atoms with Crippen molar-refractivity contribution in [2.45, 2.75) is 18.9 Å². The molecule has 1 aliphatic carbocycles. The van der Waals surface area contributed by atoms with E-state index in [4.69, 9.17) is 9.47 Å². The number of hydrogen-bond donors (Lipinski definition) is 1. The van der Waals surface area contributed by atoms with Crippen LogP contribution in [-0.4, -0.2) is 50.2 Å². The van der Waals surface area contributed by atoms with Crippen molar-refractivity contribution in [2.24, 2.45) is 5.92 Å². The summed E-state index contributed by atoms with van der Waals surface area (Å²) in [5, 5.41) is 3.22. The summed E-state index contributed by atoms with van der Waals surface area (Å²) in [7, 11) is 1.81. The lowest BCUT2D eigenvalue weighted by Crippen LogP contribution is -2.44. The number of amides is 1. The quantitative estimate of drug-likeness (QED) is 0.857. The average molecular weight is 290 g/mol. The molecule has 0 radical (unpaired) electrons. The van der Waals surface area contributed by atoms with E-state index in [1.54, 1.807) is 4.90 Å². The highest BCUT2D eigenvalue weighted by Gasteiger charge is 2.24. The summed E-state index contributed by atoms with van der Waals surface area (Å²) in [4.78, 5) is 13.7. The van der Waals surface area contributed by atoms with Gasteiger partial charge in [0.05, 0.1) is 13.1 Å². The predicted octanol–water partition coefficient (Wildman–Crippen LogP) is 1.28. The van der Waals surface area contributed by atoms with Crippen molar-refractivity contribution in [3.05, 3.63) is 24.3 Å². The van der Waals surface area contributed by atoms with E-state index in [1.807, 2.05) is 31.3 Å². The molecule has 114 valence electrons. The van der Waals surface area contributed by atoms with Gasteiger partial charge >= 0.3 is 0 Å². The number of carbonyl (C=O) groups excluding carboxylic acids is 1. The third kappa shape index (κ3) is 3.88. The minimum atomic E-state index is -0.114. The summed E-state index contributed by atoms with van der Waals surface area (Å²) in [5.41, 5.74) is 0. The molecule has 1 aliphatic heterocycles. The first kappa shape index (κ1) is 14.2. The number of carbonyl (C=O) groups is 1. The Balaban J connectivity index is 1.44. The molecule has 0 bridgehead atoms. The van der Waals surface area contributed by atoms with Gasteiger partial charge in [0.15, 0.2) is 17.6 Å². The average Bonchev–Trinajstić information content (AvgIpc) is 3.31. The number of para-hydroxylation sites is 2. The lowest BCUT2D eigenvalue weighted by molar-refractivity contribution is -0.130. The van der Waals surface area contributed by atoms with E-state index < -0.39 is 0 Å². The number of fused-ring (bicyclic) bond motifs is 1. The van der Waals surface area contributed by atoms with Crippen molar-refractivity contribution in [2.75, 3.05) is 33.3 Å². The normalized spacial score (nSPS) is 20.1. The molecular weight excluding hydrogens is 268 g/mol. The van der Waals surface area contributed by atoms with Gasteiger partial charge in [-0.05, 0) is 37.4 Å². The predicted molar refractivity (Wildman–Crippen MR) is 79.6 cm³/mol. The van der Waals surface area contributed by atoms with Crippen molar-refractivity contribution in [1.29, 1.82) is 0 Å². The summed E-state index contributed by atoms with van der Waals surface area (Å²) in [6, 6.07) is 7.62. The fraction of sp³-hybridized carbons (Fsp3) is 0.562. The van der Waals surface area contributed by atoms with Gasteiger partial charge in [0.1, 0.15) is 6.61 Å². The highest BCUT2D eigenvalue weighted by atomic mass is 16.6. The molecular formula is C16H22N2O3. The molecule has 1 N–H and O–H groups in total. The van der Waals surface area contributed by atoms with Crippen molar-refractivity contribution in [1.82, 2.24) is 10.2 Å². The molecule has 1 saturated carbocycles. The van der Waals surface area contributed by atoms with Crippen LogP contribution in [0.25, 0.3) is 0 Å². The van der Waals surface area contributed by atoms with Gasteiger partial charge in [-0.2, -0.15) is 0 Å². The van der Waals surface area contributed by atoms with Gasteiger partial charge < -0.3 is 19.7 Å². The van der Waals surface area contributed by atoms with Gasteiger partial charge in [-0.3, -0.25) is 4.79 Å². The van der Waals surface area contributed by atoms with Gasteiger partial charge in [0.2, 0.25) is 5.91 Å². The van der Waals surface area contributed by atoms with Crippen LogP contribution in [0.4, 0.5) is 0 Å². The number of rotatable bonds is 6. The molecule has 1 unspecified atom stereocenters. The number of hydrogen-bond acceptors (Lipinski definition) is 4. The fourth-order valence-corrected chi connectivity index (χ4v) is 2.40. The third-order valence-electron chi connectivity index (χ3n) is 3.88. The van der Waals surface area contributed by atoms with Gasteiger partial charge in [-0.25, -0.2) is 0 Å². The molecule has 0 saturated heterocycles. The summed E-state index contributed by atoms with van der Waals surface area (Å²) in [6.07, 6.45) is 2.48. The lowest BCUT2D eigenvalue weighted by Gasteiger charge is -2.29. The van der Waals surface area contributed by atoms with E-state index in [1.165, 1.54) is 12.8 Å². The Morgan fingerprint density at radius 3 is 2.86 bits per heavy atom. The Bertz CT molecular complexity index is 502. The molecule has 1 heterocycles. The largest absolute Gasteiger partial charge is 0.486 e. The number of ether oxygens (including phenoxy) is 2. The van der Waals surface area contributed by atoms with Gasteiger partial charge in [-0.1, -0.05) is 12.1 Å². The van der Waals surface area contributed by atoms with Crippen molar-refractivity contribution < 1.29 is 14.3 Å². The zero-order valence-electron chi connectivity index (χ0n) is 12.4. The third-order valence-corrected chi connectivity index (χ3v) is 3.88. The first-order chi connectivity index (χ1) is 10.2. The molecule has 5 heteroatoms. The van der Waals surface area contributed by atoms with Crippen LogP contribution in [0, 0.1) is 5.92 Å². The molecule has 3 rings (SSSR count). The lowest BCUT2D eigenvalue weighted by atomic mass is 10.2. The van der Waals surface area contributed by atoms with Crippen LogP contribution in [0.2, 0.25) is 0 Å². The van der Waals surface area contributed by atoms with Crippen LogP contribution in [-0.2, 0) is 4.79 Å². The number of nitrogens with zero attached hydrogens (tertiary/aromatic N) is 1. The number of benzene rings is 1. The van der Waals surface area contributed by atoms with Gasteiger partial charge in [0.25, 0.3) is 0 Å². The summed E-state index contributed by atoms with van der Waals surface area (Å²) in [5.74, 6) is 2.41. The maximum absolute atomic E-state index is 12.0. The number of likely N-dealkylation sites (N-methyl/N-ethyl adjacent to an activating group) is 1. The first-order valence-corrected chi connectivity index (χ1v) is 7.55. The number of nitrogens with one attached hydrogen (secondary N) is 1. The molecule has 1 aromatic rings. The van der Waals surface area contributed by atoms with Crippen molar-refractivity contribution in [3.8, 4) is 11.5 Å². The SMILES string of the molecule is CN(CC1COc2ccccc2O1)C(=O)CNCC1CC1. The van der Waals surface area contributed by atoms with Crippen LogP contribution in [0.5, 0.6) is 11.5 Å². The van der Waals surface area contributed by atoms with E-state index in [2.05, 4.69) is 5.32 Å². The Morgan fingerprint density at radius 2 is 2.10 bits per heavy atom. The fourth-order valence-electron chi connectivity index (χ4n) is 2.40. The molecule has 1 atom stereocenters. The van der Waals surface area contributed by atoms with Gasteiger partial charge in [-0.15, -0.1) is 0 Å². The summed E-state index contributed by atoms with van der Waals surface area (Å²) >= 11 is 0. The molecule has 1 fully saturated rings. The molecule has 1 amide bonds. The molecule has 2 aliphatic rings. The Hall–Kier alpha value is -1.75. The highest BCUT2D eigenvalue weighted by molar-refractivity contribution is 5.78. The Kier molecular flexibility index (Phi) is 4.29. The molecule has 21 heavy (non-hydrogen) atoms. The van der Waals surface area contributed by atoms with E-state index in [-0.39, 0.29) is 12.0 Å². The van der Waals surface area contributed by atoms with Crippen molar-refractivity contribution >= 4 is 5.91 Å². The second-order valence-electron chi connectivity index (χ2n) is 5.85.